The molecule has 1 aromatic heterocycles. The van der Waals surface area contributed by atoms with E-state index in [0.29, 0.717) is 0 Å². The Morgan fingerprint density at radius 2 is 1.85 bits per heavy atom. The highest BCUT2D eigenvalue weighted by Crippen LogP contribution is 2.25. The number of nitro benzene ring substituents is 1. The summed E-state index contributed by atoms with van der Waals surface area (Å²) in [5, 5.41) is 23.7. The zero-order valence-electron chi connectivity index (χ0n) is 13.5. The summed E-state index contributed by atoms with van der Waals surface area (Å²) in [5.74, 6) is -3.47. The lowest BCUT2D eigenvalue weighted by Gasteiger charge is -2.37. The average Bonchev–Trinajstić information content (AvgIpc) is 3.05. The van der Waals surface area contributed by atoms with Crippen LogP contribution in [0.4, 0.5) is 21.6 Å². The molecule has 3 rings (SSSR count). The SMILES string of the molecule is O=C(Nc1ccc(F)c([N+](=O)[O-])c1)C1CN(C(=O)c2ccc([N+](=O)[O-])o2)C1. The van der Waals surface area contributed by atoms with Crippen LogP contribution < -0.4 is 5.32 Å². The van der Waals surface area contributed by atoms with Crippen LogP contribution in [-0.2, 0) is 4.79 Å². The molecule has 1 aliphatic rings. The quantitative estimate of drug-likeness (QED) is 0.617. The molecule has 1 fully saturated rings. The van der Waals surface area contributed by atoms with E-state index in [-0.39, 0.29) is 24.5 Å². The smallest absolute Gasteiger partial charge is 0.395 e. The van der Waals surface area contributed by atoms with E-state index < -0.39 is 45.0 Å². The van der Waals surface area contributed by atoms with Crippen LogP contribution in [0.3, 0.4) is 0 Å². The van der Waals surface area contributed by atoms with Gasteiger partial charge in [0.15, 0.2) is 5.76 Å². The molecule has 2 amide bonds. The van der Waals surface area contributed by atoms with E-state index in [1.807, 2.05) is 0 Å². The number of furan rings is 1. The molecule has 140 valence electrons. The van der Waals surface area contributed by atoms with E-state index in [9.17, 15) is 34.2 Å². The van der Waals surface area contributed by atoms with Gasteiger partial charge in [-0.3, -0.25) is 29.8 Å². The summed E-state index contributed by atoms with van der Waals surface area (Å²) in [7, 11) is 0. The molecule has 1 aromatic carbocycles. The minimum Gasteiger partial charge on any atom is -0.395 e. The van der Waals surface area contributed by atoms with Gasteiger partial charge in [0.25, 0.3) is 5.91 Å². The summed E-state index contributed by atoms with van der Waals surface area (Å²) in [4.78, 5) is 45.1. The van der Waals surface area contributed by atoms with Crippen molar-refractivity contribution in [3.63, 3.8) is 0 Å². The van der Waals surface area contributed by atoms with Crippen LogP contribution in [0.5, 0.6) is 0 Å². The standard InChI is InChI=1S/C15H11FN4O7/c16-10-2-1-9(5-11(10)19(23)24)17-14(21)8-6-18(7-8)15(22)12-3-4-13(27-12)20(25)26/h1-5,8H,6-7H2,(H,17,21). The summed E-state index contributed by atoms with van der Waals surface area (Å²) in [6.07, 6.45) is 0. The van der Waals surface area contributed by atoms with E-state index in [2.05, 4.69) is 5.32 Å². The Bertz CT molecular complexity index is 951. The van der Waals surface area contributed by atoms with Crippen molar-refractivity contribution in [3.8, 4) is 0 Å². The van der Waals surface area contributed by atoms with Crippen molar-refractivity contribution < 1.29 is 28.2 Å². The highest BCUT2D eigenvalue weighted by Gasteiger charge is 2.37. The molecule has 1 saturated heterocycles. The fourth-order valence-electron chi connectivity index (χ4n) is 2.48. The molecular formula is C15H11FN4O7. The van der Waals surface area contributed by atoms with Crippen LogP contribution >= 0.6 is 0 Å². The topological polar surface area (TPSA) is 149 Å². The van der Waals surface area contributed by atoms with E-state index in [1.54, 1.807) is 0 Å². The molecule has 2 heterocycles. The summed E-state index contributed by atoms with van der Waals surface area (Å²) in [5.41, 5.74) is -0.711. The van der Waals surface area contributed by atoms with Gasteiger partial charge in [-0.15, -0.1) is 0 Å². The molecule has 12 heteroatoms. The third-order valence-electron chi connectivity index (χ3n) is 3.93. The number of nitrogens with zero attached hydrogens (tertiary/aromatic N) is 3. The van der Waals surface area contributed by atoms with Crippen molar-refractivity contribution in [1.29, 1.82) is 0 Å². The maximum absolute atomic E-state index is 13.3. The predicted octanol–water partition coefficient (Wildman–Crippen LogP) is 1.95. The molecule has 1 aliphatic heterocycles. The van der Waals surface area contributed by atoms with Gasteiger partial charge >= 0.3 is 11.6 Å². The molecule has 27 heavy (non-hydrogen) atoms. The van der Waals surface area contributed by atoms with E-state index >= 15 is 0 Å². The van der Waals surface area contributed by atoms with Crippen LogP contribution in [0.2, 0.25) is 0 Å². The zero-order valence-corrected chi connectivity index (χ0v) is 13.5. The molecule has 2 aromatic rings. The number of carbonyl (C=O) groups excluding carboxylic acids is 2. The van der Waals surface area contributed by atoms with Crippen molar-refractivity contribution in [2.75, 3.05) is 18.4 Å². The summed E-state index contributed by atoms with van der Waals surface area (Å²) in [6.45, 7) is 0.0882. The summed E-state index contributed by atoms with van der Waals surface area (Å²) < 4.78 is 18.1. The number of hydrogen-bond donors (Lipinski definition) is 1. The second-order valence-corrected chi connectivity index (χ2v) is 5.71. The van der Waals surface area contributed by atoms with E-state index in [1.165, 1.54) is 17.0 Å². The minimum atomic E-state index is -1.02. The van der Waals surface area contributed by atoms with Crippen LogP contribution in [0, 0.1) is 32.0 Å². The van der Waals surface area contributed by atoms with Crippen LogP contribution in [0.1, 0.15) is 10.6 Å². The van der Waals surface area contributed by atoms with Crippen LogP contribution in [0.15, 0.2) is 34.7 Å². The first kappa shape index (κ1) is 18.0. The molecule has 0 aliphatic carbocycles. The average molecular weight is 378 g/mol. The van der Waals surface area contributed by atoms with Gasteiger partial charge in [0, 0.05) is 24.8 Å². The lowest BCUT2D eigenvalue weighted by atomic mass is 9.98. The van der Waals surface area contributed by atoms with Crippen molar-refractivity contribution in [2.24, 2.45) is 5.92 Å². The molecule has 0 saturated carbocycles. The Labute approximate surface area is 149 Å². The first-order chi connectivity index (χ1) is 12.8. The molecule has 0 unspecified atom stereocenters. The van der Waals surface area contributed by atoms with Crippen molar-refractivity contribution in [1.82, 2.24) is 4.90 Å². The van der Waals surface area contributed by atoms with Gasteiger partial charge < -0.3 is 14.6 Å². The van der Waals surface area contributed by atoms with Gasteiger partial charge in [0.05, 0.1) is 16.9 Å². The highest BCUT2D eigenvalue weighted by molar-refractivity contribution is 5.97. The maximum atomic E-state index is 13.3. The Hall–Kier alpha value is -3.83. The van der Waals surface area contributed by atoms with Crippen molar-refractivity contribution >= 4 is 29.1 Å². The van der Waals surface area contributed by atoms with Gasteiger partial charge in [-0.05, 0) is 18.2 Å². The Balaban J connectivity index is 1.58. The first-order valence-corrected chi connectivity index (χ1v) is 7.54. The number of hydrogen-bond acceptors (Lipinski definition) is 7. The highest BCUT2D eigenvalue weighted by atomic mass is 19.1. The normalized spacial score (nSPS) is 13.7. The molecule has 0 radical (unpaired) electrons. The van der Waals surface area contributed by atoms with Gasteiger partial charge in [-0.2, -0.15) is 4.39 Å². The maximum Gasteiger partial charge on any atom is 0.433 e. The molecule has 11 nitrogen and oxygen atoms in total. The second kappa shape index (κ2) is 6.82. The second-order valence-electron chi connectivity index (χ2n) is 5.71. The Kier molecular flexibility index (Phi) is 4.54. The molecule has 0 atom stereocenters. The molecular weight excluding hydrogens is 367 g/mol. The van der Waals surface area contributed by atoms with Crippen molar-refractivity contribution in [2.45, 2.75) is 0 Å². The number of nitro groups is 2. The number of anilines is 1. The Morgan fingerprint density at radius 1 is 1.15 bits per heavy atom. The van der Waals surface area contributed by atoms with Crippen LogP contribution in [0.25, 0.3) is 0 Å². The largest absolute Gasteiger partial charge is 0.433 e. The lowest BCUT2D eigenvalue weighted by molar-refractivity contribution is -0.402. The molecule has 1 N–H and O–H groups in total. The monoisotopic (exact) mass is 378 g/mol. The number of rotatable bonds is 5. The number of carbonyl (C=O) groups is 2. The van der Waals surface area contributed by atoms with Crippen molar-refractivity contribution in [3.05, 3.63) is 62.1 Å². The fourth-order valence-corrected chi connectivity index (χ4v) is 2.48. The predicted molar refractivity (Wildman–Crippen MR) is 86.4 cm³/mol. The van der Waals surface area contributed by atoms with Gasteiger partial charge in [0.2, 0.25) is 11.7 Å². The summed E-state index contributed by atoms with van der Waals surface area (Å²) in [6, 6.07) is 5.18. The van der Waals surface area contributed by atoms with Gasteiger partial charge in [0.1, 0.15) is 4.92 Å². The van der Waals surface area contributed by atoms with E-state index in [0.717, 1.165) is 18.2 Å². The zero-order chi connectivity index (χ0) is 19.7. The number of nitrogens with one attached hydrogen (secondary N) is 1. The first-order valence-electron chi connectivity index (χ1n) is 7.54. The number of likely N-dealkylation sites (tertiary alicyclic amines) is 1. The fraction of sp³-hybridized carbons (Fsp3) is 0.200. The number of halogens is 1. The third-order valence-corrected chi connectivity index (χ3v) is 3.93. The summed E-state index contributed by atoms with van der Waals surface area (Å²) >= 11 is 0. The van der Waals surface area contributed by atoms with Gasteiger partial charge in [-0.1, -0.05) is 0 Å². The number of amides is 2. The van der Waals surface area contributed by atoms with Gasteiger partial charge in [-0.25, -0.2) is 0 Å². The van der Waals surface area contributed by atoms with Crippen LogP contribution in [-0.4, -0.2) is 39.7 Å². The third kappa shape index (κ3) is 3.58. The number of benzene rings is 1. The molecule has 0 spiro atoms. The lowest BCUT2D eigenvalue weighted by Crippen LogP contribution is -2.54. The molecule has 0 bridgehead atoms. The van der Waals surface area contributed by atoms with E-state index in [4.69, 9.17) is 4.42 Å². The minimum absolute atomic E-state index is 0.0441. The Morgan fingerprint density at radius 3 is 2.44 bits per heavy atom.